The molecular weight excluding hydrogens is 302 g/mol. The third-order valence-electron chi connectivity index (χ3n) is 4.55. The Bertz CT molecular complexity index is 662. The van der Waals surface area contributed by atoms with Crippen LogP contribution in [0, 0.1) is 19.8 Å². The van der Waals surface area contributed by atoms with Crippen LogP contribution in [0.1, 0.15) is 23.5 Å². The molecule has 128 valence electrons. The number of hydrogen-bond donors (Lipinski definition) is 2. The van der Waals surface area contributed by atoms with Crippen molar-refractivity contribution in [1.82, 2.24) is 10.2 Å². The highest BCUT2D eigenvalue weighted by molar-refractivity contribution is 5.89. The molecule has 1 aromatic carbocycles. The highest BCUT2D eigenvalue weighted by Crippen LogP contribution is 2.20. The summed E-state index contributed by atoms with van der Waals surface area (Å²) in [7, 11) is 0. The van der Waals surface area contributed by atoms with Gasteiger partial charge in [0.1, 0.15) is 11.5 Å². The van der Waals surface area contributed by atoms with E-state index in [1.165, 1.54) is 5.56 Å². The Balaban J connectivity index is 1.40. The summed E-state index contributed by atoms with van der Waals surface area (Å²) in [6.45, 7) is 7.66. The molecule has 1 fully saturated rings. The number of nitrogens with zero attached hydrogens (tertiary/aromatic N) is 1. The number of benzene rings is 1. The summed E-state index contributed by atoms with van der Waals surface area (Å²) in [5.74, 6) is 2.52. The van der Waals surface area contributed by atoms with Crippen LogP contribution in [-0.2, 0) is 6.54 Å². The van der Waals surface area contributed by atoms with Crippen molar-refractivity contribution in [2.45, 2.75) is 26.8 Å². The molecule has 1 atom stereocenters. The maximum Gasteiger partial charge on any atom is 0.319 e. The average Bonchev–Trinajstić information content (AvgIpc) is 3.13. The van der Waals surface area contributed by atoms with Crippen LogP contribution in [0.15, 0.2) is 40.8 Å². The van der Waals surface area contributed by atoms with Gasteiger partial charge in [0, 0.05) is 18.8 Å². The maximum absolute atomic E-state index is 11.9. The Morgan fingerprint density at radius 1 is 1.29 bits per heavy atom. The van der Waals surface area contributed by atoms with Crippen molar-refractivity contribution in [3.63, 3.8) is 0 Å². The lowest BCUT2D eigenvalue weighted by molar-refractivity contribution is 0.248. The maximum atomic E-state index is 11.9. The molecule has 0 radical (unpaired) electrons. The second-order valence-corrected chi connectivity index (χ2v) is 6.54. The van der Waals surface area contributed by atoms with Crippen LogP contribution < -0.4 is 10.6 Å². The molecule has 3 rings (SSSR count). The molecule has 1 aliphatic rings. The number of urea groups is 1. The molecule has 1 aromatic heterocycles. The van der Waals surface area contributed by atoms with E-state index in [1.807, 2.05) is 37.3 Å². The summed E-state index contributed by atoms with van der Waals surface area (Å²) >= 11 is 0. The first-order chi connectivity index (χ1) is 11.6. The van der Waals surface area contributed by atoms with E-state index in [9.17, 15) is 4.79 Å². The van der Waals surface area contributed by atoms with E-state index < -0.39 is 0 Å². The van der Waals surface area contributed by atoms with E-state index in [-0.39, 0.29) is 6.03 Å². The zero-order chi connectivity index (χ0) is 16.9. The molecular formula is C19H25N3O2. The fourth-order valence-corrected chi connectivity index (χ4v) is 3.10. The fourth-order valence-electron chi connectivity index (χ4n) is 3.10. The van der Waals surface area contributed by atoms with Crippen molar-refractivity contribution in [3.8, 4) is 0 Å². The Morgan fingerprint density at radius 2 is 2.08 bits per heavy atom. The number of hydrogen-bond acceptors (Lipinski definition) is 3. The van der Waals surface area contributed by atoms with Gasteiger partial charge in [-0.15, -0.1) is 0 Å². The van der Waals surface area contributed by atoms with E-state index in [4.69, 9.17) is 4.42 Å². The smallest absolute Gasteiger partial charge is 0.319 e. The molecule has 2 amide bonds. The van der Waals surface area contributed by atoms with Gasteiger partial charge in [-0.3, -0.25) is 4.90 Å². The minimum atomic E-state index is -0.142. The van der Waals surface area contributed by atoms with Crippen LogP contribution >= 0.6 is 0 Å². The second kappa shape index (κ2) is 7.53. The molecule has 5 nitrogen and oxygen atoms in total. The lowest BCUT2D eigenvalue weighted by atomic mass is 10.1. The molecule has 24 heavy (non-hydrogen) atoms. The van der Waals surface area contributed by atoms with Crippen molar-refractivity contribution in [3.05, 3.63) is 53.5 Å². The average molecular weight is 327 g/mol. The van der Waals surface area contributed by atoms with Crippen molar-refractivity contribution in [1.29, 1.82) is 0 Å². The topological polar surface area (TPSA) is 57.5 Å². The number of nitrogens with one attached hydrogen (secondary N) is 2. The normalized spacial score (nSPS) is 17.8. The van der Waals surface area contributed by atoms with Crippen LogP contribution in [0.5, 0.6) is 0 Å². The Hall–Kier alpha value is -2.27. The van der Waals surface area contributed by atoms with Gasteiger partial charge in [-0.05, 0) is 56.5 Å². The molecule has 0 saturated carbocycles. The van der Waals surface area contributed by atoms with Gasteiger partial charge in [-0.2, -0.15) is 0 Å². The summed E-state index contributed by atoms with van der Waals surface area (Å²) in [6.07, 6.45) is 1.10. The largest absolute Gasteiger partial charge is 0.465 e. The number of amides is 2. The molecule has 1 saturated heterocycles. The Kier molecular flexibility index (Phi) is 5.20. The number of rotatable bonds is 5. The first-order valence-electron chi connectivity index (χ1n) is 8.48. The van der Waals surface area contributed by atoms with Crippen molar-refractivity contribution < 1.29 is 9.21 Å². The van der Waals surface area contributed by atoms with Crippen LogP contribution in [0.2, 0.25) is 0 Å². The predicted octanol–water partition coefficient (Wildman–Crippen LogP) is 3.54. The monoisotopic (exact) mass is 327 g/mol. The zero-order valence-electron chi connectivity index (χ0n) is 14.3. The molecule has 2 heterocycles. The van der Waals surface area contributed by atoms with E-state index in [0.717, 1.165) is 43.3 Å². The van der Waals surface area contributed by atoms with E-state index in [0.29, 0.717) is 12.5 Å². The van der Waals surface area contributed by atoms with Crippen LogP contribution in [0.25, 0.3) is 0 Å². The van der Waals surface area contributed by atoms with Gasteiger partial charge in [0.15, 0.2) is 0 Å². The number of para-hydroxylation sites is 1. The van der Waals surface area contributed by atoms with E-state index in [2.05, 4.69) is 28.5 Å². The number of carbonyl (C=O) groups is 1. The molecule has 0 spiro atoms. The molecule has 2 aromatic rings. The summed E-state index contributed by atoms with van der Waals surface area (Å²) in [6, 6.07) is 11.5. The van der Waals surface area contributed by atoms with Gasteiger partial charge in [0.25, 0.3) is 0 Å². The summed E-state index contributed by atoms with van der Waals surface area (Å²) in [4.78, 5) is 14.3. The van der Waals surface area contributed by atoms with Crippen molar-refractivity contribution in [2.75, 3.05) is 25.0 Å². The van der Waals surface area contributed by atoms with Gasteiger partial charge in [-0.1, -0.05) is 18.2 Å². The van der Waals surface area contributed by atoms with Crippen molar-refractivity contribution in [2.24, 2.45) is 5.92 Å². The van der Waals surface area contributed by atoms with Gasteiger partial charge in [0.2, 0.25) is 0 Å². The summed E-state index contributed by atoms with van der Waals surface area (Å²) in [5.41, 5.74) is 2.02. The molecule has 0 unspecified atom stereocenters. The Labute approximate surface area is 143 Å². The molecule has 0 aliphatic carbocycles. The lowest BCUT2D eigenvalue weighted by Gasteiger charge is -2.15. The third kappa shape index (κ3) is 4.38. The van der Waals surface area contributed by atoms with Crippen LogP contribution in [-0.4, -0.2) is 30.6 Å². The highest BCUT2D eigenvalue weighted by Gasteiger charge is 2.23. The molecule has 1 aliphatic heterocycles. The number of furan rings is 1. The summed E-state index contributed by atoms with van der Waals surface area (Å²) in [5, 5.41) is 5.82. The van der Waals surface area contributed by atoms with Gasteiger partial charge >= 0.3 is 6.03 Å². The van der Waals surface area contributed by atoms with Gasteiger partial charge in [0.05, 0.1) is 6.54 Å². The first kappa shape index (κ1) is 16.6. The van der Waals surface area contributed by atoms with Gasteiger partial charge in [-0.25, -0.2) is 4.79 Å². The fraction of sp³-hybridized carbons (Fsp3) is 0.421. The number of anilines is 1. The zero-order valence-corrected chi connectivity index (χ0v) is 14.3. The quantitative estimate of drug-likeness (QED) is 0.883. The standard InChI is InChI=1S/C19H25N3O2/c1-14-10-18(24-15(14)2)13-22-9-8-16(12-22)11-20-19(23)21-17-6-4-3-5-7-17/h3-7,10,16H,8-9,11-13H2,1-2H3,(H2,20,21,23)/t16-/m1/s1. The predicted molar refractivity (Wildman–Crippen MR) is 95.0 cm³/mol. The second-order valence-electron chi connectivity index (χ2n) is 6.54. The summed E-state index contributed by atoms with van der Waals surface area (Å²) < 4.78 is 5.75. The molecule has 0 bridgehead atoms. The lowest BCUT2D eigenvalue weighted by Crippen LogP contribution is -2.34. The van der Waals surface area contributed by atoms with E-state index in [1.54, 1.807) is 0 Å². The van der Waals surface area contributed by atoms with Gasteiger partial charge < -0.3 is 15.1 Å². The minimum Gasteiger partial charge on any atom is -0.465 e. The van der Waals surface area contributed by atoms with Crippen molar-refractivity contribution >= 4 is 11.7 Å². The molecule has 2 N–H and O–H groups in total. The third-order valence-corrected chi connectivity index (χ3v) is 4.55. The Morgan fingerprint density at radius 3 is 2.79 bits per heavy atom. The minimum absolute atomic E-state index is 0.142. The number of likely N-dealkylation sites (tertiary alicyclic amines) is 1. The highest BCUT2D eigenvalue weighted by atomic mass is 16.3. The van der Waals surface area contributed by atoms with Crippen LogP contribution in [0.3, 0.4) is 0 Å². The first-order valence-corrected chi connectivity index (χ1v) is 8.48. The van der Waals surface area contributed by atoms with E-state index >= 15 is 0 Å². The number of carbonyl (C=O) groups excluding carboxylic acids is 1. The number of aryl methyl sites for hydroxylation is 2. The van der Waals surface area contributed by atoms with Crippen LogP contribution in [0.4, 0.5) is 10.5 Å². The molecule has 5 heteroatoms. The SMILES string of the molecule is Cc1cc(CN2CC[C@H](CNC(=O)Nc3ccccc3)C2)oc1C.